The molecular formula is C23H26N4O3. The van der Waals surface area contributed by atoms with Crippen LogP contribution in [0.5, 0.6) is 0 Å². The van der Waals surface area contributed by atoms with Gasteiger partial charge in [0.05, 0.1) is 17.3 Å². The van der Waals surface area contributed by atoms with Gasteiger partial charge in [-0.2, -0.15) is 0 Å². The molecule has 1 aliphatic rings. The largest absolute Gasteiger partial charge is 0.387 e. The quantitative estimate of drug-likeness (QED) is 0.653. The molecule has 156 valence electrons. The van der Waals surface area contributed by atoms with Crippen molar-refractivity contribution in [3.05, 3.63) is 52.2 Å². The van der Waals surface area contributed by atoms with E-state index in [0.29, 0.717) is 29.0 Å². The SMILES string of the molecule is CCC[C@@H](O)c1cc(C)c(-c2cc3cnc(NC(=O)C4CC4)cc3n(C)c2=O)cn1. The summed E-state index contributed by atoms with van der Waals surface area (Å²) in [6, 6.07) is 5.38. The minimum atomic E-state index is -0.601. The van der Waals surface area contributed by atoms with E-state index in [1.54, 1.807) is 30.1 Å². The number of carbonyl (C=O) groups is 1. The highest BCUT2D eigenvalue weighted by molar-refractivity contribution is 5.95. The van der Waals surface area contributed by atoms with E-state index in [1.807, 2.05) is 26.0 Å². The number of amides is 1. The number of aryl methyl sites for hydroxylation is 2. The van der Waals surface area contributed by atoms with Crippen LogP contribution in [0.4, 0.5) is 5.82 Å². The number of hydrogen-bond donors (Lipinski definition) is 2. The Bertz CT molecular complexity index is 1180. The van der Waals surface area contributed by atoms with Crippen molar-refractivity contribution in [1.29, 1.82) is 0 Å². The summed E-state index contributed by atoms with van der Waals surface area (Å²) in [6.07, 6.45) is 6.08. The Balaban J connectivity index is 1.72. The standard InChI is InChI=1S/C23H26N4O3/c1-4-5-20(28)18-8-13(2)17(12-24-18)16-9-15-11-25-21(26-22(29)14-6-7-14)10-19(15)27(3)23(16)30/h8-12,14,20,28H,4-7H2,1-3H3,(H,25,26,29)/t20-/m1/s1. The molecule has 1 atom stereocenters. The van der Waals surface area contributed by atoms with E-state index in [4.69, 9.17) is 0 Å². The molecule has 1 saturated carbocycles. The summed E-state index contributed by atoms with van der Waals surface area (Å²) in [5.41, 5.74) is 3.31. The summed E-state index contributed by atoms with van der Waals surface area (Å²) in [7, 11) is 1.71. The molecule has 3 aromatic rings. The van der Waals surface area contributed by atoms with E-state index >= 15 is 0 Å². The lowest BCUT2D eigenvalue weighted by Crippen LogP contribution is -2.20. The Morgan fingerprint density at radius 3 is 2.67 bits per heavy atom. The third kappa shape index (κ3) is 3.85. The van der Waals surface area contributed by atoms with E-state index in [9.17, 15) is 14.7 Å². The van der Waals surface area contributed by atoms with Gasteiger partial charge < -0.3 is 15.0 Å². The molecule has 0 unspecified atom stereocenters. The molecule has 0 saturated heterocycles. The average Bonchev–Trinajstić information content (AvgIpc) is 3.57. The van der Waals surface area contributed by atoms with Crippen molar-refractivity contribution in [2.75, 3.05) is 5.32 Å². The molecule has 1 aliphatic carbocycles. The Labute approximate surface area is 174 Å². The van der Waals surface area contributed by atoms with Gasteiger partial charge in [-0.1, -0.05) is 13.3 Å². The number of nitrogens with one attached hydrogen (secondary N) is 1. The number of pyridine rings is 3. The third-order valence-corrected chi connectivity index (χ3v) is 5.63. The van der Waals surface area contributed by atoms with E-state index in [2.05, 4.69) is 15.3 Å². The second-order valence-corrected chi connectivity index (χ2v) is 8.04. The van der Waals surface area contributed by atoms with Crippen LogP contribution in [0.25, 0.3) is 22.0 Å². The van der Waals surface area contributed by atoms with Gasteiger partial charge in [-0.05, 0) is 43.9 Å². The Morgan fingerprint density at radius 1 is 1.23 bits per heavy atom. The first kappa shape index (κ1) is 20.2. The van der Waals surface area contributed by atoms with E-state index in [0.717, 1.165) is 35.8 Å². The number of rotatable bonds is 6. The molecule has 1 amide bonds. The van der Waals surface area contributed by atoms with E-state index < -0.39 is 6.10 Å². The normalized spacial score (nSPS) is 14.7. The van der Waals surface area contributed by atoms with Crippen molar-refractivity contribution in [3.8, 4) is 11.1 Å². The van der Waals surface area contributed by atoms with Crippen LogP contribution in [0.1, 0.15) is 50.0 Å². The number of fused-ring (bicyclic) bond motifs is 1. The second-order valence-electron chi connectivity index (χ2n) is 8.04. The lowest BCUT2D eigenvalue weighted by Gasteiger charge is -2.14. The van der Waals surface area contributed by atoms with Crippen molar-refractivity contribution in [2.24, 2.45) is 13.0 Å². The molecule has 3 heterocycles. The predicted octanol–water partition coefficient (Wildman–Crippen LogP) is 3.49. The minimum absolute atomic E-state index is 0.0180. The first-order valence-electron chi connectivity index (χ1n) is 10.3. The number of hydrogen-bond acceptors (Lipinski definition) is 5. The van der Waals surface area contributed by atoms with Gasteiger partial charge in [0.1, 0.15) is 5.82 Å². The van der Waals surface area contributed by atoms with Crippen molar-refractivity contribution >= 4 is 22.6 Å². The Morgan fingerprint density at radius 2 is 2.00 bits per heavy atom. The molecule has 0 radical (unpaired) electrons. The minimum Gasteiger partial charge on any atom is -0.387 e. The summed E-state index contributed by atoms with van der Waals surface area (Å²) < 4.78 is 1.57. The zero-order valence-corrected chi connectivity index (χ0v) is 17.5. The van der Waals surface area contributed by atoms with Crippen LogP contribution in [-0.2, 0) is 11.8 Å². The van der Waals surface area contributed by atoms with Gasteiger partial charge in [-0.15, -0.1) is 0 Å². The Hall–Kier alpha value is -3.06. The third-order valence-electron chi connectivity index (χ3n) is 5.63. The monoisotopic (exact) mass is 406 g/mol. The van der Waals surface area contributed by atoms with Gasteiger partial charge in [0, 0.05) is 47.9 Å². The fraction of sp³-hybridized carbons (Fsp3) is 0.391. The molecule has 0 bridgehead atoms. The molecule has 7 nitrogen and oxygen atoms in total. The summed E-state index contributed by atoms with van der Waals surface area (Å²) in [4.78, 5) is 33.8. The van der Waals surface area contributed by atoms with Gasteiger partial charge in [0.25, 0.3) is 5.56 Å². The van der Waals surface area contributed by atoms with Gasteiger partial charge in [-0.25, -0.2) is 4.98 Å². The highest BCUT2D eigenvalue weighted by Gasteiger charge is 2.29. The van der Waals surface area contributed by atoms with Gasteiger partial charge in [-0.3, -0.25) is 14.6 Å². The molecule has 0 spiro atoms. The van der Waals surface area contributed by atoms with Gasteiger partial charge in [0.2, 0.25) is 5.91 Å². The van der Waals surface area contributed by atoms with Crippen LogP contribution < -0.4 is 10.9 Å². The fourth-order valence-corrected chi connectivity index (χ4v) is 3.66. The van der Waals surface area contributed by atoms with E-state index in [1.165, 1.54) is 0 Å². The molecule has 4 rings (SSSR count). The smallest absolute Gasteiger partial charge is 0.258 e. The number of aliphatic hydroxyl groups is 1. The van der Waals surface area contributed by atoms with Crippen molar-refractivity contribution in [2.45, 2.75) is 45.6 Å². The summed E-state index contributed by atoms with van der Waals surface area (Å²) >= 11 is 0. The summed E-state index contributed by atoms with van der Waals surface area (Å²) in [6.45, 7) is 3.93. The summed E-state index contributed by atoms with van der Waals surface area (Å²) in [5.74, 6) is 0.521. The van der Waals surface area contributed by atoms with Crippen LogP contribution in [-0.4, -0.2) is 25.5 Å². The highest BCUT2D eigenvalue weighted by Crippen LogP contribution is 2.30. The molecule has 2 N–H and O–H groups in total. The van der Waals surface area contributed by atoms with Crippen molar-refractivity contribution < 1.29 is 9.90 Å². The summed E-state index contributed by atoms with van der Waals surface area (Å²) in [5, 5.41) is 13.8. The van der Waals surface area contributed by atoms with Crippen LogP contribution in [0, 0.1) is 12.8 Å². The molecule has 0 aromatic carbocycles. The molecule has 1 fully saturated rings. The van der Waals surface area contributed by atoms with Gasteiger partial charge in [0.15, 0.2) is 0 Å². The molecule has 3 aromatic heterocycles. The zero-order valence-electron chi connectivity index (χ0n) is 17.5. The number of carbonyl (C=O) groups excluding carboxylic acids is 1. The molecular weight excluding hydrogens is 380 g/mol. The predicted molar refractivity (Wildman–Crippen MR) is 116 cm³/mol. The van der Waals surface area contributed by atoms with Crippen LogP contribution >= 0.6 is 0 Å². The number of anilines is 1. The van der Waals surface area contributed by atoms with Crippen LogP contribution in [0.2, 0.25) is 0 Å². The van der Waals surface area contributed by atoms with Crippen LogP contribution in [0.15, 0.2) is 35.4 Å². The maximum Gasteiger partial charge on any atom is 0.258 e. The molecule has 0 aliphatic heterocycles. The first-order valence-corrected chi connectivity index (χ1v) is 10.3. The maximum absolute atomic E-state index is 13.1. The van der Waals surface area contributed by atoms with Crippen molar-refractivity contribution in [1.82, 2.24) is 14.5 Å². The van der Waals surface area contributed by atoms with Crippen LogP contribution in [0.3, 0.4) is 0 Å². The second kappa shape index (κ2) is 7.99. The number of aromatic nitrogens is 3. The lowest BCUT2D eigenvalue weighted by molar-refractivity contribution is -0.117. The maximum atomic E-state index is 13.1. The fourth-order valence-electron chi connectivity index (χ4n) is 3.66. The topological polar surface area (TPSA) is 97.1 Å². The van der Waals surface area contributed by atoms with Crippen molar-refractivity contribution in [3.63, 3.8) is 0 Å². The zero-order chi connectivity index (χ0) is 21.4. The first-order chi connectivity index (χ1) is 14.4. The lowest BCUT2D eigenvalue weighted by atomic mass is 10.0. The van der Waals surface area contributed by atoms with E-state index in [-0.39, 0.29) is 17.4 Å². The van der Waals surface area contributed by atoms with Gasteiger partial charge >= 0.3 is 0 Å². The highest BCUT2D eigenvalue weighted by atomic mass is 16.3. The number of nitrogens with zero attached hydrogens (tertiary/aromatic N) is 3. The molecule has 30 heavy (non-hydrogen) atoms. The average molecular weight is 406 g/mol. The Kier molecular flexibility index (Phi) is 5.39. The number of aliphatic hydroxyl groups excluding tert-OH is 1. The molecule has 7 heteroatoms.